The fraction of sp³-hybridized carbons (Fsp3) is 0.542. The van der Waals surface area contributed by atoms with E-state index in [-0.39, 0.29) is 24.8 Å². The lowest BCUT2D eigenvalue weighted by atomic mass is 9.83. The van der Waals surface area contributed by atoms with Gasteiger partial charge in [-0.15, -0.1) is 0 Å². The second-order valence-electron chi connectivity index (χ2n) is 9.19. The van der Waals surface area contributed by atoms with Gasteiger partial charge in [-0.2, -0.15) is 0 Å². The van der Waals surface area contributed by atoms with Gasteiger partial charge in [0.2, 0.25) is 11.5 Å². The molecule has 7 nitrogen and oxygen atoms in total. The zero-order valence-corrected chi connectivity index (χ0v) is 18.7. The Balaban J connectivity index is 1.58. The molecule has 2 aromatic heterocycles. The van der Waals surface area contributed by atoms with Crippen LogP contribution in [-0.2, 0) is 10.3 Å². The zero-order valence-electron chi connectivity index (χ0n) is 18.7. The molecule has 3 N–H and O–H groups in total. The molecule has 178 valence electrons. The number of hydrogen-bond acceptors (Lipinski definition) is 5. The van der Waals surface area contributed by atoms with E-state index in [2.05, 4.69) is 9.97 Å². The normalized spacial score (nSPS) is 23.5. The van der Waals surface area contributed by atoms with E-state index in [1.54, 1.807) is 30.2 Å². The first-order valence-electron chi connectivity index (χ1n) is 11.4. The zero-order chi connectivity index (χ0) is 23.6. The Morgan fingerprint density at radius 3 is 2.61 bits per heavy atom. The Hall–Kier alpha value is -2.81. The highest BCUT2D eigenvalue weighted by molar-refractivity contribution is 5.85. The van der Waals surface area contributed by atoms with Gasteiger partial charge in [0, 0.05) is 31.8 Å². The maximum Gasteiger partial charge on any atom is 0.257 e. The number of likely N-dealkylation sites (tertiary alicyclic amines) is 1. The number of hydrogen-bond donors (Lipinski definition) is 2. The van der Waals surface area contributed by atoms with Crippen molar-refractivity contribution in [3.8, 4) is 5.75 Å². The minimum absolute atomic E-state index is 0.0195. The molecule has 4 rings (SSSR count). The molecule has 1 amide bonds. The van der Waals surface area contributed by atoms with Crippen molar-refractivity contribution < 1.29 is 18.3 Å². The topological polar surface area (TPSA) is 101 Å². The summed E-state index contributed by atoms with van der Waals surface area (Å²) in [5, 5.41) is 0. The molecule has 0 spiro atoms. The van der Waals surface area contributed by atoms with Crippen LogP contribution >= 0.6 is 0 Å². The molecule has 1 saturated heterocycles. The summed E-state index contributed by atoms with van der Waals surface area (Å²) in [6, 6.07) is 6.07. The van der Waals surface area contributed by atoms with Crippen LogP contribution in [-0.4, -0.2) is 45.9 Å². The number of nitrogens with zero attached hydrogens (tertiary/aromatic N) is 2. The highest BCUT2D eigenvalue weighted by Crippen LogP contribution is 2.43. The molecular weight excluding hydrogens is 430 g/mol. The van der Waals surface area contributed by atoms with Crippen molar-refractivity contribution in [2.45, 2.75) is 68.9 Å². The number of nitrogens with two attached hydrogens (primary N) is 1. The minimum atomic E-state index is -2.99. The van der Waals surface area contributed by atoms with E-state index in [4.69, 9.17) is 10.5 Å². The molecule has 0 aromatic carbocycles. The molecule has 0 radical (unpaired) electrons. The number of aromatic amines is 1. The van der Waals surface area contributed by atoms with Crippen LogP contribution in [0.15, 0.2) is 41.5 Å². The Morgan fingerprint density at radius 2 is 2.00 bits per heavy atom. The van der Waals surface area contributed by atoms with E-state index in [1.165, 1.54) is 24.8 Å². The lowest BCUT2D eigenvalue weighted by molar-refractivity contribution is -0.139. The fourth-order valence-electron chi connectivity index (χ4n) is 4.86. The Kier molecular flexibility index (Phi) is 6.52. The van der Waals surface area contributed by atoms with Gasteiger partial charge in [-0.25, -0.2) is 8.78 Å². The Bertz CT molecular complexity index is 1020. The van der Waals surface area contributed by atoms with Crippen LogP contribution in [0.1, 0.15) is 62.6 Å². The second-order valence-corrected chi connectivity index (χ2v) is 9.19. The monoisotopic (exact) mass is 460 g/mol. The SMILES string of the molecule is CC(C(N)=O)(c1ccc(OC2CCCCC2)cn1)N1CCC(F)(F)[C@@H](c2ccc(=O)[nH]c2)C1. The van der Waals surface area contributed by atoms with Crippen molar-refractivity contribution in [3.05, 3.63) is 58.3 Å². The summed E-state index contributed by atoms with van der Waals surface area (Å²) in [4.78, 5) is 32.6. The quantitative estimate of drug-likeness (QED) is 0.689. The number of carbonyl (C=O) groups excluding carboxylic acids is 1. The summed E-state index contributed by atoms with van der Waals surface area (Å²) < 4.78 is 35.7. The van der Waals surface area contributed by atoms with Gasteiger partial charge in [0.25, 0.3) is 5.92 Å². The van der Waals surface area contributed by atoms with Gasteiger partial charge in [-0.1, -0.05) is 12.5 Å². The third kappa shape index (κ3) is 4.78. The highest BCUT2D eigenvalue weighted by Gasteiger charge is 2.51. The van der Waals surface area contributed by atoms with Crippen LogP contribution in [0.2, 0.25) is 0 Å². The van der Waals surface area contributed by atoms with Gasteiger partial charge in [0.1, 0.15) is 11.3 Å². The van der Waals surface area contributed by atoms with Crippen molar-refractivity contribution in [3.63, 3.8) is 0 Å². The first kappa shape index (κ1) is 23.4. The average molecular weight is 461 g/mol. The number of aromatic nitrogens is 2. The molecule has 1 aliphatic heterocycles. The number of piperidine rings is 1. The van der Waals surface area contributed by atoms with Crippen molar-refractivity contribution in [1.82, 2.24) is 14.9 Å². The third-order valence-corrected chi connectivity index (χ3v) is 7.04. The second kappa shape index (κ2) is 9.21. The van der Waals surface area contributed by atoms with Crippen molar-refractivity contribution in [1.29, 1.82) is 0 Å². The van der Waals surface area contributed by atoms with Crippen LogP contribution < -0.4 is 16.0 Å². The minimum Gasteiger partial charge on any atom is -0.489 e. The number of halogens is 2. The van der Waals surface area contributed by atoms with E-state index >= 15 is 0 Å². The van der Waals surface area contributed by atoms with Gasteiger partial charge < -0.3 is 15.5 Å². The smallest absolute Gasteiger partial charge is 0.257 e. The molecule has 2 aliphatic rings. The summed E-state index contributed by atoms with van der Waals surface area (Å²) in [7, 11) is 0. The number of carbonyl (C=O) groups is 1. The first-order chi connectivity index (χ1) is 15.7. The predicted molar refractivity (Wildman–Crippen MR) is 119 cm³/mol. The largest absolute Gasteiger partial charge is 0.489 e. The molecule has 1 aliphatic carbocycles. The van der Waals surface area contributed by atoms with Gasteiger partial charge in [0.05, 0.1) is 23.9 Å². The summed E-state index contributed by atoms with van der Waals surface area (Å²) in [5.41, 5.74) is 4.76. The summed E-state index contributed by atoms with van der Waals surface area (Å²) in [6.45, 7) is 1.49. The van der Waals surface area contributed by atoms with Crippen LogP contribution in [0, 0.1) is 0 Å². The number of primary amides is 1. The van der Waals surface area contributed by atoms with Gasteiger partial charge in [-0.05, 0) is 50.3 Å². The van der Waals surface area contributed by atoms with Crippen molar-refractivity contribution in [2.24, 2.45) is 5.73 Å². The van der Waals surface area contributed by atoms with Crippen LogP contribution in [0.5, 0.6) is 5.75 Å². The number of rotatable bonds is 6. The molecule has 2 aromatic rings. The molecular formula is C24H30F2N4O3. The van der Waals surface area contributed by atoms with Crippen molar-refractivity contribution in [2.75, 3.05) is 13.1 Å². The lowest BCUT2D eigenvalue weighted by Gasteiger charge is -2.46. The van der Waals surface area contributed by atoms with Crippen LogP contribution in [0.4, 0.5) is 8.78 Å². The Labute approximate surface area is 191 Å². The lowest BCUT2D eigenvalue weighted by Crippen LogP contribution is -2.59. The van der Waals surface area contributed by atoms with Gasteiger partial charge >= 0.3 is 0 Å². The number of nitrogens with one attached hydrogen (secondary N) is 1. The fourth-order valence-corrected chi connectivity index (χ4v) is 4.86. The molecule has 33 heavy (non-hydrogen) atoms. The van der Waals surface area contributed by atoms with E-state index in [0.717, 1.165) is 25.7 Å². The predicted octanol–water partition coefficient (Wildman–Crippen LogP) is 3.31. The summed E-state index contributed by atoms with van der Waals surface area (Å²) in [5.74, 6) is -4.23. The average Bonchev–Trinajstić information content (AvgIpc) is 2.80. The van der Waals surface area contributed by atoms with E-state index in [1.807, 2.05) is 0 Å². The summed E-state index contributed by atoms with van der Waals surface area (Å²) >= 11 is 0. The Morgan fingerprint density at radius 1 is 1.24 bits per heavy atom. The number of alkyl halides is 2. The third-order valence-electron chi connectivity index (χ3n) is 7.04. The van der Waals surface area contributed by atoms with Crippen molar-refractivity contribution >= 4 is 5.91 Å². The van der Waals surface area contributed by atoms with E-state index < -0.39 is 29.7 Å². The maximum atomic E-state index is 14.8. The molecule has 1 saturated carbocycles. The molecule has 1 unspecified atom stereocenters. The van der Waals surface area contributed by atoms with E-state index in [0.29, 0.717) is 17.0 Å². The van der Waals surface area contributed by atoms with E-state index in [9.17, 15) is 18.4 Å². The summed E-state index contributed by atoms with van der Waals surface area (Å²) in [6.07, 6.45) is 8.13. The maximum absolute atomic E-state index is 14.8. The molecule has 3 heterocycles. The number of amides is 1. The van der Waals surface area contributed by atoms with Crippen LogP contribution in [0.3, 0.4) is 0 Å². The number of pyridine rings is 2. The first-order valence-corrected chi connectivity index (χ1v) is 11.4. The van der Waals surface area contributed by atoms with Crippen LogP contribution in [0.25, 0.3) is 0 Å². The molecule has 0 bridgehead atoms. The highest BCUT2D eigenvalue weighted by atomic mass is 19.3. The van der Waals surface area contributed by atoms with Gasteiger partial charge in [-0.3, -0.25) is 19.5 Å². The molecule has 2 fully saturated rings. The molecule has 2 atom stereocenters. The standard InChI is InChI=1S/C24H30F2N4O3/c1-23(22(27)32,20-9-8-18(14-28-20)33-17-5-3-2-4-6-17)30-12-11-24(25,26)19(15-30)16-7-10-21(31)29-13-16/h7-10,13-14,17,19H,2-6,11-12,15H2,1H3,(H2,27,32)(H,29,31)/t19-,23?/m1/s1. The number of ether oxygens (including phenoxy) is 1. The molecule has 9 heteroatoms. The number of H-pyrrole nitrogens is 1. The van der Waals surface area contributed by atoms with Gasteiger partial charge in [0.15, 0.2) is 0 Å².